The minimum atomic E-state index is -0.250. The standard InChI is InChI=1S/C11H23NO3/c1-8(13)6-5-7-12-10(3)9(2)11(14)15-4/h8-10,12-13H,5-7H2,1-4H3. The van der Waals surface area contributed by atoms with E-state index in [0.717, 1.165) is 19.4 Å². The first kappa shape index (κ1) is 14.4. The van der Waals surface area contributed by atoms with Crippen molar-refractivity contribution in [2.45, 2.75) is 45.8 Å². The molecule has 0 saturated carbocycles. The molecular weight excluding hydrogens is 194 g/mol. The Labute approximate surface area is 92.0 Å². The van der Waals surface area contributed by atoms with Crippen LogP contribution in [0.5, 0.6) is 0 Å². The van der Waals surface area contributed by atoms with Crippen molar-refractivity contribution in [1.29, 1.82) is 0 Å². The van der Waals surface area contributed by atoms with Gasteiger partial charge in [0.2, 0.25) is 0 Å². The molecule has 0 heterocycles. The first-order valence-electron chi connectivity index (χ1n) is 5.48. The molecule has 0 aromatic heterocycles. The fraction of sp³-hybridized carbons (Fsp3) is 0.909. The largest absolute Gasteiger partial charge is 0.469 e. The molecule has 3 atom stereocenters. The van der Waals surface area contributed by atoms with E-state index in [0.29, 0.717) is 0 Å². The fourth-order valence-corrected chi connectivity index (χ4v) is 1.29. The summed E-state index contributed by atoms with van der Waals surface area (Å²) in [4.78, 5) is 11.2. The molecule has 0 amide bonds. The van der Waals surface area contributed by atoms with Gasteiger partial charge in [-0.05, 0) is 33.2 Å². The normalized spacial score (nSPS) is 16.9. The van der Waals surface area contributed by atoms with E-state index in [4.69, 9.17) is 5.11 Å². The van der Waals surface area contributed by atoms with E-state index in [1.165, 1.54) is 7.11 Å². The SMILES string of the molecule is COC(=O)C(C)C(C)NCCCC(C)O. The highest BCUT2D eigenvalue weighted by atomic mass is 16.5. The summed E-state index contributed by atoms with van der Waals surface area (Å²) in [6, 6.07) is 0.103. The number of carbonyl (C=O) groups excluding carboxylic acids is 1. The van der Waals surface area contributed by atoms with Gasteiger partial charge >= 0.3 is 5.97 Å². The van der Waals surface area contributed by atoms with E-state index in [1.807, 2.05) is 13.8 Å². The summed E-state index contributed by atoms with van der Waals surface area (Å²) < 4.78 is 4.66. The van der Waals surface area contributed by atoms with Crippen LogP contribution in [-0.2, 0) is 9.53 Å². The average Bonchev–Trinajstić information content (AvgIpc) is 2.21. The zero-order chi connectivity index (χ0) is 11.8. The summed E-state index contributed by atoms with van der Waals surface area (Å²) in [5, 5.41) is 12.3. The van der Waals surface area contributed by atoms with Gasteiger partial charge in [0.15, 0.2) is 0 Å². The first-order valence-corrected chi connectivity index (χ1v) is 5.48. The predicted octanol–water partition coefficient (Wildman–Crippen LogP) is 0.935. The molecule has 15 heavy (non-hydrogen) atoms. The van der Waals surface area contributed by atoms with Crippen LogP contribution in [0.2, 0.25) is 0 Å². The molecule has 4 nitrogen and oxygen atoms in total. The van der Waals surface area contributed by atoms with Gasteiger partial charge in [-0.25, -0.2) is 0 Å². The molecule has 0 aromatic rings. The summed E-state index contributed by atoms with van der Waals surface area (Å²) in [5.41, 5.74) is 0. The lowest BCUT2D eigenvalue weighted by Gasteiger charge is -2.19. The van der Waals surface area contributed by atoms with Crippen LogP contribution in [0.1, 0.15) is 33.6 Å². The number of esters is 1. The predicted molar refractivity (Wildman–Crippen MR) is 59.6 cm³/mol. The molecule has 4 heteroatoms. The van der Waals surface area contributed by atoms with Gasteiger partial charge in [-0.3, -0.25) is 4.79 Å². The Kier molecular flexibility index (Phi) is 7.34. The summed E-state index contributed by atoms with van der Waals surface area (Å²) in [7, 11) is 1.40. The van der Waals surface area contributed by atoms with Crippen molar-refractivity contribution in [3.8, 4) is 0 Å². The van der Waals surface area contributed by atoms with Crippen molar-refractivity contribution < 1.29 is 14.6 Å². The maximum atomic E-state index is 11.2. The number of nitrogens with one attached hydrogen (secondary N) is 1. The minimum absolute atomic E-state index is 0.103. The molecule has 0 spiro atoms. The average molecular weight is 217 g/mol. The van der Waals surface area contributed by atoms with Gasteiger partial charge in [-0.15, -0.1) is 0 Å². The zero-order valence-corrected chi connectivity index (χ0v) is 10.1. The third kappa shape index (κ3) is 6.47. The van der Waals surface area contributed by atoms with Crippen molar-refractivity contribution in [2.24, 2.45) is 5.92 Å². The number of aliphatic hydroxyl groups is 1. The lowest BCUT2D eigenvalue weighted by Crippen LogP contribution is -2.37. The van der Waals surface area contributed by atoms with Crippen LogP contribution in [0.15, 0.2) is 0 Å². The topological polar surface area (TPSA) is 58.6 Å². The van der Waals surface area contributed by atoms with E-state index in [-0.39, 0.29) is 24.0 Å². The Morgan fingerprint density at radius 1 is 1.40 bits per heavy atom. The molecule has 0 aliphatic carbocycles. The Hall–Kier alpha value is -0.610. The third-order valence-corrected chi connectivity index (χ3v) is 2.59. The lowest BCUT2D eigenvalue weighted by molar-refractivity contribution is -0.145. The maximum absolute atomic E-state index is 11.2. The fourth-order valence-electron chi connectivity index (χ4n) is 1.29. The summed E-state index contributed by atoms with van der Waals surface area (Å²) >= 11 is 0. The third-order valence-electron chi connectivity index (χ3n) is 2.59. The van der Waals surface area contributed by atoms with Crippen LogP contribution in [-0.4, -0.2) is 36.9 Å². The molecule has 90 valence electrons. The van der Waals surface area contributed by atoms with Gasteiger partial charge in [0.05, 0.1) is 19.1 Å². The molecule has 3 unspecified atom stereocenters. The van der Waals surface area contributed by atoms with Crippen LogP contribution in [0.4, 0.5) is 0 Å². The van der Waals surface area contributed by atoms with Crippen LogP contribution >= 0.6 is 0 Å². The number of hydrogen-bond acceptors (Lipinski definition) is 4. The maximum Gasteiger partial charge on any atom is 0.309 e. The Balaban J connectivity index is 3.64. The van der Waals surface area contributed by atoms with Gasteiger partial charge in [0.1, 0.15) is 0 Å². The van der Waals surface area contributed by atoms with Crippen molar-refractivity contribution in [3.63, 3.8) is 0 Å². The van der Waals surface area contributed by atoms with Gasteiger partial charge < -0.3 is 15.2 Å². The van der Waals surface area contributed by atoms with Crippen LogP contribution < -0.4 is 5.32 Å². The highest BCUT2D eigenvalue weighted by molar-refractivity contribution is 5.72. The molecule has 0 fully saturated rings. The van der Waals surface area contributed by atoms with Crippen molar-refractivity contribution in [2.75, 3.05) is 13.7 Å². The van der Waals surface area contributed by atoms with E-state index >= 15 is 0 Å². The van der Waals surface area contributed by atoms with E-state index in [9.17, 15) is 4.79 Å². The second-order valence-corrected chi connectivity index (χ2v) is 4.05. The zero-order valence-electron chi connectivity index (χ0n) is 10.1. The second kappa shape index (κ2) is 7.65. The Bertz CT molecular complexity index is 183. The van der Waals surface area contributed by atoms with Gasteiger partial charge in [-0.1, -0.05) is 6.92 Å². The summed E-state index contributed by atoms with van der Waals surface area (Å²) in [5.74, 6) is -0.327. The van der Waals surface area contributed by atoms with Gasteiger partial charge in [0, 0.05) is 6.04 Å². The Morgan fingerprint density at radius 3 is 2.47 bits per heavy atom. The monoisotopic (exact) mass is 217 g/mol. The quantitative estimate of drug-likeness (QED) is 0.492. The molecular formula is C11H23NO3. The number of aliphatic hydroxyl groups excluding tert-OH is 1. The minimum Gasteiger partial charge on any atom is -0.469 e. The number of rotatable bonds is 7. The second-order valence-electron chi connectivity index (χ2n) is 4.05. The van der Waals surface area contributed by atoms with E-state index < -0.39 is 0 Å². The number of hydrogen-bond donors (Lipinski definition) is 2. The molecule has 0 aliphatic rings. The van der Waals surface area contributed by atoms with Gasteiger partial charge in [0.25, 0.3) is 0 Å². The van der Waals surface area contributed by atoms with Crippen molar-refractivity contribution >= 4 is 5.97 Å². The van der Waals surface area contributed by atoms with Gasteiger partial charge in [-0.2, -0.15) is 0 Å². The van der Waals surface area contributed by atoms with Crippen LogP contribution in [0.25, 0.3) is 0 Å². The summed E-state index contributed by atoms with van der Waals surface area (Å²) in [6.07, 6.45) is 1.45. The lowest BCUT2D eigenvalue weighted by atomic mass is 10.0. The molecule has 0 rings (SSSR count). The number of methoxy groups -OCH3 is 1. The van der Waals surface area contributed by atoms with Crippen molar-refractivity contribution in [3.05, 3.63) is 0 Å². The summed E-state index contributed by atoms with van der Waals surface area (Å²) in [6.45, 7) is 6.40. The molecule has 0 aliphatic heterocycles. The van der Waals surface area contributed by atoms with E-state index in [2.05, 4.69) is 10.1 Å². The first-order chi connectivity index (χ1) is 6.99. The molecule has 0 radical (unpaired) electrons. The van der Waals surface area contributed by atoms with Crippen LogP contribution in [0, 0.1) is 5.92 Å². The number of carbonyl (C=O) groups is 1. The highest BCUT2D eigenvalue weighted by Crippen LogP contribution is 2.05. The van der Waals surface area contributed by atoms with E-state index in [1.54, 1.807) is 6.92 Å². The van der Waals surface area contributed by atoms with Crippen molar-refractivity contribution in [1.82, 2.24) is 5.32 Å². The smallest absolute Gasteiger partial charge is 0.309 e. The molecule has 0 bridgehead atoms. The molecule has 0 saturated heterocycles. The number of ether oxygens (including phenoxy) is 1. The van der Waals surface area contributed by atoms with Crippen LogP contribution in [0.3, 0.4) is 0 Å². The molecule has 0 aromatic carbocycles. The highest BCUT2D eigenvalue weighted by Gasteiger charge is 2.19. The molecule has 2 N–H and O–H groups in total. The Morgan fingerprint density at radius 2 is 2.00 bits per heavy atom.